The lowest BCUT2D eigenvalue weighted by molar-refractivity contribution is -0.116. The summed E-state index contributed by atoms with van der Waals surface area (Å²) in [4.78, 5) is 11.5. The number of rotatable bonds is 4. The van der Waals surface area contributed by atoms with Crippen molar-refractivity contribution in [3.63, 3.8) is 0 Å². The molecule has 20 heavy (non-hydrogen) atoms. The van der Waals surface area contributed by atoms with Crippen molar-refractivity contribution in [3.05, 3.63) is 54.1 Å². The van der Waals surface area contributed by atoms with Gasteiger partial charge >= 0.3 is 0 Å². The molecule has 1 heterocycles. The zero-order valence-electron chi connectivity index (χ0n) is 10.8. The first kappa shape index (κ1) is 12.7. The normalized spacial score (nSPS) is 14.7. The Labute approximate surface area is 116 Å². The molecule has 0 spiro atoms. The maximum absolute atomic E-state index is 13.6. The average molecular weight is 271 g/mol. The number of carbonyl (C=O) groups is 1. The van der Waals surface area contributed by atoms with Crippen LogP contribution in [0.2, 0.25) is 0 Å². The maximum atomic E-state index is 13.6. The van der Waals surface area contributed by atoms with E-state index in [1.807, 2.05) is 0 Å². The summed E-state index contributed by atoms with van der Waals surface area (Å²) < 4.78 is 19.1. The van der Waals surface area contributed by atoms with Gasteiger partial charge in [-0.2, -0.15) is 0 Å². The molecule has 1 saturated carbocycles. The van der Waals surface area contributed by atoms with E-state index in [1.54, 1.807) is 36.4 Å². The summed E-state index contributed by atoms with van der Waals surface area (Å²) in [6.07, 6.45) is 5.12. The molecule has 1 N–H and O–H groups in total. The molecular weight excluding hydrogens is 257 g/mol. The van der Waals surface area contributed by atoms with E-state index in [4.69, 9.17) is 4.42 Å². The third-order valence-electron chi connectivity index (χ3n) is 3.09. The molecule has 2 aromatic rings. The minimum atomic E-state index is -0.330. The van der Waals surface area contributed by atoms with Crippen LogP contribution >= 0.6 is 0 Å². The van der Waals surface area contributed by atoms with Gasteiger partial charge in [-0.3, -0.25) is 4.79 Å². The number of benzene rings is 1. The Balaban J connectivity index is 1.72. The summed E-state index contributed by atoms with van der Waals surface area (Å²) in [5.41, 5.74) is 0.412. The fraction of sp³-hybridized carbons (Fsp3) is 0.188. The fourth-order valence-corrected chi connectivity index (χ4v) is 1.88. The number of hydrogen-bond acceptors (Lipinski definition) is 2. The van der Waals surface area contributed by atoms with Gasteiger partial charge in [0.25, 0.3) is 0 Å². The zero-order chi connectivity index (χ0) is 13.9. The van der Waals surface area contributed by atoms with Crippen LogP contribution in [0.5, 0.6) is 0 Å². The fourth-order valence-electron chi connectivity index (χ4n) is 1.88. The summed E-state index contributed by atoms with van der Waals surface area (Å²) in [6, 6.07) is 10.2. The molecule has 0 radical (unpaired) electrons. The van der Waals surface area contributed by atoms with E-state index in [0.717, 1.165) is 12.8 Å². The number of carbonyl (C=O) groups excluding carboxylic acids is 1. The summed E-state index contributed by atoms with van der Waals surface area (Å²) in [5.74, 6) is 0.514. The van der Waals surface area contributed by atoms with Gasteiger partial charge in [-0.25, -0.2) is 4.39 Å². The first-order valence-electron chi connectivity index (χ1n) is 6.56. The quantitative estimate of drug-likeness (QED) is 0.866. The summed E-state index contributed by atoms with van der Waals surface area (Å²) in [6.45, 7) is 0. The van der Waals surface area contributed by atoms with Crippen LogP contribution in [0.1, 0.15) is 18.6 Å². The lowest BCUT2D eigenvalue weighted by atomic mass is 10.1. The third kappa shape index (κ3) is 2.96. The van der Waals surface area contributed by atoms with Gasteiger partial charge in [0.1, 0.15) is 17.3 Å². The molecule has 0 atom stereocenters. The number of amides is 1. The maximum Gasteiger partial charge on any atom is 0.244 e. The Bertz CT molecular complexity index is 656. The second-order valence-electron chi connectivity index (χ2n) is 4.80. The number of hydrogen-bond donors (Lipinski definition) is 1. The van der Waals surface area contributed by atoms with E-state index >= 15 is 0 Å². The Morgan fingerprint density at radius 3 is 2.80 bits per heavy atom. The van der Waals surface area contributed by atoms with Crippen molar-refractivity contribution in [2.75, 3.05) is 0 Å². The van der Waals surface area contributed by atoms with Gasteiger partial charge in [-0.15, -0.1) is 0 Å². The van der Waals surface area contributed by atoms with Gasteiger partial charge in [0.15, 0.2) is 0 Å². The van der Waals surface area contributed by atoms with Crippen molar-refractivity contribution in [1.82, 2.24) is 5.32 Å². The van der Waals surface area contributed by atoms with E-state index < -0.39 is 0 Å². The topological polar surface area (TPSA) is 42.2 Å². The van der Waals surface area contributed by atoms with Crippen LogP contribution in [0, 0.1) is 5.82 Å². The molecule has 0 saturated heterocycles. The lowest BCUT2D eigenvalue weighted by Gasteiger charge is -1.98. The van der Waals surface area contributed by atoms with E-state index in [2.05, 4.69) is 5.32 Å². The SMILES string of the molecule is O=C(/C=C/c1ccc(-c2ccccc2F)o1)NC1CC1. The molecule has 0 aliphatic heterocycles. The van der Waals surface area contributed by atoms with Crippen molar-refractivity contribution < 1.29 is 13.6 Å². The molecule has 1 aliphatic carbocycles. The Hall–Kier alpha value is -2.36. The van der Waals surface area contributed by atoms with Crippen LogP contribution in [0.3, 0.4) is 0 Å². The van der Waals surface area contributed by atoms with Gasteiger partial charge in [-0.1, -0.05) is 12.1 Å². The number of nitrogens with one attached hydrogen (secondary N) is 1. The second-order valence-corrected chi connectivity index (χ2v) is 4.80. The van der Waals surface area contributed by atoms with Gasteiger partial charge in [0.05, 0.1) is 5.56 Å². The van der Waals surface area contributed by atoms with E-state index in [0.29, 0.717) is 23.1 Å². The predicted molar refractivity (Wildman–Crippen MR) is 74.3 cm³/mol. The minimum absolute atomic E-state index is 0.128. The lowest BCUT2D eigenvalue weighted by Crippen LogP contribution is -2.22. The predicted octanol–water partition coefficient (Wildman–Crippen LogP) is 3.38. The standard InChI is InChI=1S/C16H14FNO2/c17-14-4-2-1-3-13(14)15-9-7-12(20-15)8-10-16(19)18-11-5-6-11/h1-4,7-11H,5-6H2,(H,18,19)/b10-8+. The van der Waals surface area contributed by atoms with Crippen LogP contribution in [0.15, 0.2) is 46.9 Å². The third-order valence-corrected chi connectivity index (χ3v) is 3.09. The van der Waals surface area contributed by atoms with Crippen LogP contribution in [-0.2, 0) is 4.79 Å². The molecule has 3 nitrogen and oxygen atoms in total. The van der Waals surface area contributed by atoms with Crippen molar-refractivity contribution in [3.8, 4) is 11.3 Å². The van der Waals surface area contributed by atoms with Crippen molar-refractivity contribution in [2.45, 2.75) is 18.9 Å². The average Bonchev–Trinajstić information content (AvgIpc) is 3.12. The molecule has 3 rings (SSSR count). The van der Waals surface area contributed by atoms with E-state index in [-0.39, 0.29) is 11.7 Å². The Kier molecular flexibility index (Phi) is 3.37. The zero-order valence-corrected chi connectivity index (χ0v) is 10.8. The van der Waals surface area contributed by atoms with Gasteiger partial charge in [-0.05, 0) is 43.2 Å². The molecule has 1 aromatic heterocycles. The van der Waals surface area contributed by atoms with Crippen molar-refractivity contribution >= 4 is 12.0 Å². The monoisotopic (exact) mass is 271 g/mol. The van der Waals surface area contributed by atoms with E-state index in [1.165, 1.54) is 12.1 Å². The highest BCUT2D eigenvalue weighted by Gasteiger charge is 2.22. The van der Waals surface area contributed by atoms with Gasteiger partial charge in [0.2, 0.25) is 5.91 Å². The smallest absolute Gasteiger partial charge is 0.244 e. The molecule has 1 fully saturated rings. The number of halogens is 1. The largest absolute Gasteiger partial charge is 0.457 e. The number of furan rings is 1. The van der Waals surface area contributed by atoms with Crippen LogP contribution < -0.4 is 5.32 Å². The molecule has 1 amide bonds. The molecule has 1 aliphatic rings. The summed E-state index contributed by atoms with van der Waals surface area (Å²) in [7, 11) is 0. The van der Waals surface area contributed by atoms with Crippen LogP contribution in [0.4, 0.5) is 4.39 Å². The Morgan fingerprint density at radius 2 is 2.05 bits per heavy atom. The van der Waals surface area contributed by atoms with Crippen LogP contribution in [-0.4, -0.2) is 11.9 Å². The van der Waals surface area contributed by atoms with E-state index in [9.17, 15) is 9.18 Å². The first-order valence-corrected chi connectivity index (χ1v) is 6.56. The minimum Gasteiger partial charge on any atom is -0.457 e. The van der Waals surface area contributed by atoms with Gasteiger partial charge in [0, 0.05) is 12.1 Å². The second kappa shape index (κ2) is 5.33. The molecule has 0 bridgehead atoms. The van der Waals surface area contributed by atoms with Gasteiger partial charge < -0.3 is 9.73 Å². The molecule has 4 heteroatoms. The summed E-state index contributed by atoms with van der Waals surface area (Å²) >= 11 is 0. The van der Waals surface area contributed by atoms with Crippen molar-refractivity contribution in [1.29, 1.82) is 0 Å². The highest BCUT2D eigenvalue weighted by atomic mass is 19.1. The first-order chi connectivity index (χ1) is 9.72. The molecular formula is C16H14FNO2. The molecule has 0 unspecified atom stereocenters. The highest BCUT2D eigenvalue weighted by molar-refractivity contribution is 5.91. The highest BCUT2D eigenvalue weighted by Crippen LogP contribution is 2.25. The summed E-state index contributed by atoms with van der Waals surface area (Å²) in [5, 5.41) is 2.84. The Morgan fingerprint density at radius 1 is 1.25 bits per heavy atom. The van der Waals surface area contributed by atoms with Crippen molar-refractivity contribution in [2.24, 2.45) is 0 Å². The molecule has 102 valence electrons. The van der Waals surface area contributed by atoms with Crippen LogP contribution in [0.25, 0.3) is 17.4 Å². The molecule has 1 aromatic carbocycles.